The molecule has 0 aromatic rings. The molecule has 3 nitrogen and oxygen atoms in total. The Labute approximate surface area is 262 Å². The summed E-state index contributed by atoms with van der Waals surface area (Å²) in [5.41, 5.74) is 0. The molecule has 4 heteroatoms. The molecule has 0 saturated heterocycles. The van der Waals surface area contributed by atoms with Crippen LogP contribution in [0.5, 0.6) is 0 Å². The van der Waals surface area contributed by atoms with Gasteiger partial charge in [0.1, 0.15) is 0 Å². The summed E-state index contributed by atoms with van der Waals surface area (Å²) in [7, 11) is 0. The normalized spacial score (nSPS) is 12.1. The van der Waals surface area contributed by atoms with Crippen molar-refractivity contribution in [1.29, 1.82) is 0 Å². The van der Waals surface area contributed by atoms with Gasteiger partial charge in [0.25, 0.3) is 0 Å². The molecule has 0 bridgehead atoms. The molecule has 0 rings (SSSR count). The van der Waals surface area contributed by atoms with Crippen molar-refractivity contribution in [3.8, 4) is 0 Å². The van der Waals surface area contributed by atoms with E-state index < -0.39 is 5.97 Å². The summed E-state index contributed by atoms with van der Waals surface area (Å²) in [4.78, 5) is 13.5. The monoisotopic (exact) mass is 546 g/mol. The summed E-state index contributed by atoms with van der Waals surface area (Å²) in [6.07, 6.45) is 35.4. The van der Waals surface area contributed by atoms with Crippen LogP contribution >= 0.6 is 0 Å². The minimum absolute atomic E-state index is 0. The van der Waals surface area contributed by atoms with Gasteiger partial charge in [-0.25, -0.2) is 0 Å². The maximum absolute atomic E-state index is 10.8. The van der Waals surface area contributed by atoms with Gasteiger partial charge in [-0.1, -0.05) is 155 Å². The fourth-order valence-electron chi connectivity index (χ4n) is 5.59. The van der Waals surface area contributed by atoms with E-state index >= 15 is 0 Å². The van der Waals surface area contributed by atoms with Crippen molar-refractivity contribution < 1.29 is 39.5 Å². The van der Waals surface area contributed by atoms with E-state index in [-0.39, 0.29) is 36.0 Å². The Morgan fingerprint density at radius 1 is 0.526 bits per heavy atom. The molecular formula is C34H68NNaO2. The average Bonchev–Trinajstić information content (AvgIpc) is 2.88. The molecule has 0 heterocycles. The first-order valence-electron chi connectivity index (χ1n) is 17.1. The Hall–Kier alpha value is 0.430. The number of carboxylic acids is 1. The van der Waals surface area contributed by atoms with Gasteiger partial charge in [-0.15, -0.1) is 0 Å². The Morgan fingerprint density at radius 3 is 1.11 bits per heavy atom. The molecule has 0 aliphatic carbocycles. The second kappa shape index (κ2) is 33.6. The first kappa shape index (κ1) is 40.6. The number of nitrogens with zero attached hydrogens (tertiary/aromatic N) is 1. The Kier molecular flexibility index (Phi) is 35.9. The standard InChI is InChI=1S/C34H69NO2.Na/c1-4-6-8-10-12-14-16-18-20-22-24-26-31-35(33(3)29-28-30-34(36)37)32-27-25-23-21-19-17-15-13-11-9-7-5-2;/h33H,4-32H2,1-3H3,(H,36,37);/q;+1/p-1. The molecule has 38 heavy (non-hydrogen) atoms. The fourth-order valence-corrected chi connectivity index (χ4v) is 5.59. The Bertz CT molecular complexity index is 432. The van der Waals surface area contributed by atoms with Crippen LogP contribution in [0.3, 0.4) is 0 Å². The van der Waals surface area contributed by atoms with Gasteiger partial charge in [-0.2, -0.15) is 0 Å². The molecule has 0 N–H and O–H groups in total. The molecule has 0 spiro atoms. The molecule has 1 unspecified atom stereocenters. The van der Waals surface area contributed by atoms with Crippen molar-refractivity contribution in [3.63, 3.8) is 0 Å². The van der Waals surface area contributed by atoms with Crippen LogP contribution in [-0.4, -0.2) is 30.0 Å². The van der Waals surface area contributed by atoms with Gasteiger partial charge < -0.3 is 14.8 Å². The Morgan fingerprint density at radius 2 is 0.816 bits per heavy atom. The van der Waals surface area contributed by atoms with E-state index in [0.717, 1.165) is 12.8 Å². The maximum Gasteiger partial charge on any atom is 1.00 e. The van der Waals surface area contributed by atoms with E-state index in [1.807, 2.05) is 0 Å². The summed E-state index contributed by atoms with van der Waals surface area (Å²) < 4.78 is 0. The van der Waals surface area contributed by atoms with Gasteiger partial charge in [0.2, 0.25) is 0 Å². The quantitative estimate of drug-likeness (QED) is 0.0695. The van der Waals surface area contributed by atoms with Crippen LogP contribution in [0.15, 0.2) is 0 Å². The number of unbranched alkanes of at least 4 members (excludes halogenated alkanes) is 22. The van der Waals surface area contributed by atoms with Gasteiger partial charge in [0, 0.05) is 12.0 Å². The van der Waals surface area contributed by atoms with Crippen LogP contribution in [0.2, 0.25) is 0 Å². The first-order valence-corrected chi connectivity index (χ1v) is 17.1. The molecule has 0 aliphatic heterocycles. The van der Waals surface area contributed by atoms with Crippen LogP contribution < -0.4 is 34.7 Å². The van der Waals surface area contributed by atoms with Crippen LogP contribution in [0.4, 0.5) is 0 Å². The van der Waals surface area contributed by atoms with Crippen molar-refractivity contribution in [1.82, 2.24) is 4.90 Å². The largest absolute Gasteiger partial charge is 1.00 e. The number of rotatable bonds is 31. The maximum atomic E-state index is 10.8. The van der Waals surface area contributed by atoms with E-state index in [2.05, 4.69) is 25.7 Å². The minimum atomic E-state index is -0.902. The molecule has 0 radical (unpaired) electrons. The zero-order valence-corrected chi connectivity index (χ0v) is 28.8. The van der Waals surface area contributed by atoms with Crippen LogP contribution in [0, 0.1) is 0 Å². The van der Waals surface area contributed by atoms with E-state index in [1.165, 1.54) is 167 Å². The predicted octanol–water partition coefficient (Wildman–Crippen LogP) is 7.00. The molecule has 1 atom stereocenters. The van der Waals surface area contributed by atoms with Crippen LogP contribution in [-0.2, 0) is 4.79 Å². The zero-order chi connectivity index (χ0) is 27.2. The van der Waals surface area contributed by atoms with Gasteiger partial charge >= 0.3 is 29.6 Å². The second-order valence-corrected chi connectivity index (χ2v) is 11.9. The summed E-state index contributed by atoms with van der Waals surface area (Å²) in [6, 6.07) is 0.486. The predicted molar refractivity (Wildman–Crippen MR) is 162 cm³/mol. The van der Waals surface area contributed by atoms with E-state index in [9.17, 15) is 9.90 Å². The van der Waals surface area contributed by atoms with Gasteiger partial charge in [-0.3, -0.25) is 0 Å². The molecule has 0 aromatic heterocycles. The van der Waals surface area contributed by atoms with E-state index in [0.29, 0.717) is 6.04 Å². The minimum Gasteiger partial charge on any atom is -0.550 e. The number of aliphatic carboxylic acids is 1. The number of carbonyl (C=O) groups is 1. The first-order chi connectivity index (χ1) is 18.1. The van der Waals surface area contributed by atoms with Crippen LogP contribution in [0.25, 0.3) is 0 Å². The van der Waals surface area contributed by atoms with Crippen molar-refractivity contribution >= 4 is 5.97 Å². The summed E-state index contributed by atoms with van der Waals surface area (Å²) in [5, 5.41) is 10.8. The molecule has 0 aliphatic rings. The zero-order valence-electron chi connectivity index (χ0n) is 26.8. The number of hydrogen-bond acceptors (Lipinski definition) is 3. The second-order valence-electron chi connectivity index (χ2n) is 11.9. The molecule has 0 fully saturated rings. The van der Waals surface area contributed by atoms with E-state index in [1.54, 1.807) is 0 Å². The Balaban J connectivity index is 0. The van der Waals surface area contributed by atoms with Crippen molar-refractivity contribution in [2.24, 2.45) is 0 Å². The molecule has 0 amide bonds. The summed E-state index contributed by atoms with van der Waals surface area (Å²) in [5.74, 6) is -0.902. The molecule has 222 valence electrons. The van der Waals surface area contributed by atoms with Gasteiger partial charge in [-0.05, 0) is 52.1 Å². The number of carbonyl (C=O) groups excluding carboxylic acids is 1. The topological polar surface area (TPSA) is 43.4 Å². The van der Waals surface area contributed by atoms with Crippen molar-refractivity contribution in [2.45, 2.75) is 200 Å². The molecule has 0 aromatic carbocycles. The SMILES string of the molecule is CCCCCCCCCCCCCCN(CCCCCCCCCCCCCC)C(C)CCCC(=O)[O-].[Na+]. The van der Waals surface area contributed by atoms with Crippen LogP contribution in [0.1, 0.15) is 194 Å². The average molecular weight is 546 g/mol. The molecular weight excluding hydrogens is 477 g/mol. The number of carboxylic acid groups (broad SMARTS) is 1. The third kappa shape index (κ3) is 31.0. The third-order valence-corrected chi connectivity index (χ3v) is 8.22. The molecule has 0 saturated carbocycles. The fraction of sp³-hybridized carbons (Fsp3) is 0.971. The third-order valence-electron chi connectivity index (χ3n) is 8.22. The van der Waals surface area contributed by atoms with E-state index in [4.69, 9.17) is 0 Å². The summed E-state index contributed by atoms with van der Waals surface area (Å²) in [6.45, 7) is 9.24. The summed E-state index contributed by atoms with van der Waals surface area (Å²) >= 11 is 0. The van der Waals surface area contributed by atoms with Crippen molar-refractivity contribution in [3.05, 3.63) is 0 Å². The number of hydrogen-bond donors (Lipinski definition) is 0. The van der Waals surface area contributed by atoms with Gasteiger partial charge in [0.05, 0.1) is 0 Å². The van der Waals surface area contributed by atoms with Gasteiger partial charge in [0.15, 0.2) is 0 Å². The smallest absolute Gasteiger partial charge is 0.550 e. The van der Waals surface area contributed by atoms with Crippen molar-refractivity contribution in [2.75, 3.05) is 13.1 Å².